The smallest absolute Gasteiger partial charge is 0.271 e. The highest BCUT2D eigenvalue weighted by molar-refractivity contribution is 7.07. The molecule has 4 aromatic rings. The van der Waals surface area contributed by atoms with E-state index in [-0.39, 0.29) is 17.2 Å². The molecule has 180 valence electrons. The number of rotatable bonds is 5. The van der Waals surface area contributed by atoms with Gasteiger partial charge in [0.05, 0.1) is 29.0 Å². The first-order valence-corrected chi connectivity index (χ1v) is 12.1. The number of ether oxygens (including phenoxy) is 1. The molecule has 0 saturated carbocycles. The van der Waals surface area contributed by atoms with Crippen LogP contribution in [-0.2, 0) is 4.79 Å². The highest BCUT2D eigenvalue weighted by Gasteiger charge is 2.32. The summed E-state index contributed by atoms with van der Waals surface area (Å²) in [4.78, 5) is 32.4. The zero-order valence-corrected chi connectivity index (χ0v) is 20.5. The van der Waals surface area contributed by atoms with Crippen LogP contribution in [0.4, 0.5) is 5.69 Å². The molecule has 2 N–H and O–H groups in total. The molecular weight excluding hydrogens is 474 g/mol. The molecule has 3 aromatic carbocycles. The molecule has 36 heavy (non-hydrogen) atoms. The van der Waals surface area contributed by atoms with Crippen molar-refractivity contribution in [3.8, 4) is 11.5 Å². The van der Waals surface area contributed by atoms with Gasteiger partial charge in [-0.3, -0.25) is 14.2 Å². The van der Waals surface area contributed by atoms with Gasteiger partial charge < -0.3 is 15.2 Å². The lowest BCUT2D eigenvalue weighted by Crippen LogP contribution is -2.40. The molecule has 1 amide bonds. The number of carbonyl (C=O) groups excluding carboxylic acids is 1. The van der Waals surface area contributed by atoms with Crippen LogP contribution in [0, 0.1) is 0 Å². The summed E-state index contributed by atoms with van der Waals surface area (Å²) in [5, 5.41) is 12.5. The Morgan fingerprint density at radius 2 is 1.83 bits per heavy atom. The van der Waals surface area contributed by atoms with Crippen LogP contribution in [0.3, 0.4) is 0 Å². The average molecular weight is 498 g/mol. The highest BCUT2D eigenvalue weighted by Crippen LogP contribution is 2.32. The summed E-state index contributed by atoms with van der Waals surface area (Å²) in [5.74, 6) is 0.440. The molecule has 8 heteroatoms. The van der Waals surface area contributed by atoms with E-state index in [1.165, 1.54) is 11.3 Å². The molecule has 7 nitrogen and oxygen atoms in total. The first-order valence-electron chi connectivity index (χ1n) is 11.3. The minimum absolute atomic E-state index is 0.149. The first kappa shape index (κ1) is 23.3. The Kier molecular flexibility index (Phi) is 6.26. The standard InChI is InChI=1S/C28H23N3O4S/c1-17-24(26(33)30-20-8-4-3-5-9-20)25(19-7-6-10-22(16-19)35-2)31-27(34)23(36-28(31)29-17)15-18-11-13-21(32)14-12-18/h3-16,25,32H,1-2H3,(H,30,33)/b23-15-/t25-/m1/s1. The van der Waals surface area contributed by atoms with E-state index < -0.39 is 6.04 Å². The molecule has 0 saturated heterocycles. The maximum Gasteiger partial charge on any atom is 0.271 e. The number of phenolic OH excluding ortho intramolecular Hbond substituents is 1. The number of methoxy groups -OCH3 is 1. The number of hydrogen-bond donors (Lipinski definition) is 2. The van der Waals surface area contributed by atoms with Crippen LogP contribution in [0.25, 0.3) is 6.08 Å². The molecule has 2 heterocycles. The third-order valence-electron chi connectivity index (χ3n) is 5.90. The lowest BCUT2D eigenvalue weighted by molar-refractivity contribution is -0.113. The summed E-state index contributed by atoms with van der Waals surface area (Å²) in [6.07, 6.45) is 1.76. The molecule has 0 unspecified atom stereocenters. The molecule has 0 fully saturated rings. The Hall–Kier alpha value is -4.43. The maximum atomic E-state index is 13.7. The number of amides is 1. The Morgan fingerprint density at radius 1 is 1.08 bits per heavy atom. The number of aromatic hydroxyl groups is 1. The summed E-state index contributed by atoms with van der Waals surface area (Å²) < 4.78 is 7.47. The SMILES string of the molecule is COc1cccc([C@@H]2C(C(=O)Nc3ccccc3)=C(C)N=c3s/c(=C\c4ccc(O)cc4)c(=O)n32)c1. The van der Waals surface area contributed by atoms with E-state index in [1.807, 2.05) is 42.5 Å². The lowest BCUT2D eigenvalue weighted by Gasteiger charge is -2.25. The molecular formula is C28H23N3O4S. The fraction of sp³-hybridized carbons (Fsp3) is 0.107. The summed E-state index contributed by atoms with van der Waals surface area (Å²) in [6, 6.07) is 22.4. The number of aromatic nitrogens is 1. The van der Waals surface area contributed by atoms with Crippen molar-refractivity contribution in [3.05, 3.63) is 121 Å². The van der Waals surface area contributed by atoms with Gasteiger partial charge in [-0.2, -0.15) is 0 Å². The zero-order chi connectivity index (χ0) is 25.2. The van der Waals surface area contributed by atoms with E-state index in [0.717, 1.165) is 11.1 Å². The molecule has 1 aliphatic rings. The van der Waals surface area contributed by atoms with Gasteiger partial charge >= 0.3 is 0 Å². The molecule has 1 aliphatic heterocycles. The van der Waals surface area contributed by atoms with E-state index in [2.05, 4.69) is 10.3 Å². The van der Waals surface area contributed by atoms with E-state index in [4.69, 9.17) is 4.74 Å². The van der Waals surface area contributed by atoms with Crippen molar-refractivity contribution in [3.63, 3.8) is 0 Å². The van der Waals surface area contributed by atoms with E-state index in [0.29, 0.717) is 32.0 Å². The quantitative estimate of drug-likeness (QED) is 0.441. The number of thiazole rings is 1. The molecule has 0 aliphatic carbocycles. The summed E-state index contributed by atoms with van der Waals surface area (Å²) >= 11 is 1.26. The second kappa shape index (κ2) is 9.67. The predicted molar refractivity (Wildman–Crippen MR) is 140 cm³/mol. The molecule has 1 atom stereocenters. The van der Waals surface area contributed by atoms with Gasteiger partial charge in [0.1, 0.15) is 11.5 Å². The fourth-order valence-electron chi connectivity index (χ4n) is 4.18. The number of benzene rings is 3. The van der Waals surface area contributed by atoms with Crippen molar-refractivity contribution in [2.75, 3.05) is 12.4 Å². The topological polar surface area (TPSA) is 92.9 Å². The second-order valence-corrected chi connectivity index (χ2v) is 9.28. The van der Waals surface area contributed by atoms with Gasteiger partial charge in [0, 0.05) is 5.69 Å². The number of para-hydroxylation sites is 1. The summed E-state index contributed by atoms with van der Waals surface area (Å²) in [5.41, 5.74) is 2.83. The van der Waals surface area contributed by atoms with Crippen LogP contribution in [0.2, 0.25) is 0 Å². The van der Waals surface area contributed by atoms with Crippen molar-refractivity contribution in [2.45, 2.75) is 13.0 Å². The molecule has 0 spiro atoms. The van der Waals surface area contributed by atoms with Crippen molar-refractivity contribution in [2.24, 2.45) is 4.99 Å². The Balaban J connectivity index is 1.68. The molecule has 0 radical (unpaired) electrons. The largest absolute Gasteiger partial charge is 0.508 e. The van der Waals surface area contributed by atoms with Crippen molar-refractivity contribution < 1.29 is 14.6 Å². The lowest BCUT2D eigenvalue weighted by atomic mass is 9.95. The maximum absolute atomic E-state index is 13.7. The first-order chi connectivity index (χ1) is 17.4. The number of fused-ring (bicyclic) bond motifs is 1. The van der Waals surface area contributed by atoms with Gasteiger partial charge in [0.15, 0.2) is 4.80 Å². The monoisotopic (exact) mass is 497 g/mol. The van der Waals surface area contributed by atoms with Crippen LogP contribution in [-0.4, -0.2) is 22.7 Å². The van der Waals surface area contributed by atoms with Crippen LogP contribution < -0.4 is 24.9 Å². The van der Waals surface area contributed by atoms with Crippen molar-refractivity contribution in [1.82, 2.24) is 4.57 Å². The number of phenols is 1. The number of hydrogen-bond acceptors (Lipinski definition) is 6. The van der Waals surface area contributed by atoms with Gasteiger partial charge in [-0.05, 0) is 60.5 Å². The number of carbonyl (C=O) groups is 1. The van der Waals surface area contributed by atoms with Crippen LogP contribution in [0.1, 0.15) is 24.1 Å². The number of allylic oxidation sites excluding steroid dienone is 1. The second-order valence-electron chi connectivity index (χ2n) is 8.27. The van der Waals surface area contributed by atoms with E-state index >= 15 is 0 Å². The Labute approximate surface area is 211 Å². The third kappa shape index (κ3) is 4.46. The molecule has 0 bridgehead atoms. The predicted octanol–water partition coefficient (Wildman–Crippen LogP) is 3.59. The summed E-state index contributed by atoms with van der Waals surface area (Å²) in [6.45, 7) is 1.78. The number of anilines is 1. The number of nitrogens with one attached hydrogen (secondary N) is 1. The fourth-order valence-corrected chi connectivity index (χ4v) is 5.23. The number of nitrogens with zero attached hydrogens (tertiary/aromatic N) is 2. The van der Waals surface area contributed by atoms with Gasteiger partial charge in [0.2, 0.25) is 0 Å². The Morgan fingerprint density at radius 3 is 2.56 bits per heavy atom. The molecule has 5 rings (SSSR count). The minimum atomic E-state index is -0.693. The Bertz CT molecular complexity index is 1650. The average Bonchev–Trinajstić information content (AvgIpc) is 3.19. The zero-order valence-electron chi connectivity index (χ0n) is 19.6. The van der Waals surface area contributed by atoms with E-state index in [9.17, 15) is 14.7 Å². The van der Waals surface area contributed by atoms with Gasteiger partial charge in [-0.25, -0.2) is 4.99 Å². The normalized spacial score (nSPS) is 15.3. The van der Waals surface area contributed by atoms with Crippen molar-refractivity contribution in [1.29, 1.82) is 0 Å². The third-order valence-corrected chi connectivity index (χ3v) is 6.88. The van der Waals surface area contributed by atoms with E-state index in [1.54, 1.807) is 61.1 Å². The highest BCUT2D eigenvalue weighted by atomic mass is 32.1. The molecule has 1 aromatic heterocycles. The van der Waals surface area contributed by atoms with Gasteiger partial charge in [-0.15, -0.1) is 0 Å². The van der Waals surface area contributed by atoms with Crippen LogP contribution >= 0.6 is 11.3 Å². The van der Waals surface area contributed by atoms with Crippen molar-refractivity contribution >= 4 is 29.0 Å². The summed E-state index contributed by atoms with van der Waals surface area (Å²) in [7, 11) is 1.58. The van der Waals surface area contributed by atoms with Crippen LogP contribution in [0.15, 0.2) is 99.9 Å². The minimum Gasteiger partial charge on any atom is -0.508 e. The van der Waals surface area contributed by atoms with Gasteiger partial charge in [-0.1, -0.05) is 53.8 Å². The van der Waals surface area contributed by atoms with Crippen LogP contribution in [0.5, 0.6) is 11.5 Å². The van der Waals surface area contributed by atoms with Gasteiger partial charge in [0.25, 0.3) is 11.5 Å².